The van der Waals surface area contributed by atoms with Gasteiger partial charge in [-0.1, -0.05) is 17.3 Å². The molecule has 0 saturated heterocycles. The average molecular weight is 357 g/mol. The molecule has 0 spiro atoms. The van der Waals surface area contributed by atoms with Gasteiger partial charge < -0.3 is 5.11 Å². The molecule has 0 aliphatic carbocycles. The molecule has 0 saturated carbocycles. The van der Waals surface area contributed by atoms with Crippen LogP contribution in [0.1, 0.15) is 11.3 Å². The van der Waals surface area contributed by atoms with Crippen molar-refractivity contribution in [1.82, 2.24) is 29.8 Å². The Labute approximate surface area is 155 Å². The molecular formula is C19H15N7O. The molecule has 0 amide bonds. The third-order valence-electron chi connectivity index (χ3n) is 4.20. The fourth-order valence-corrected chi connectivity index (χ4v) is 2.87. The Kier molecular flexibility index (Phi) is 3.90. The topological polar surface area (TPSA) is 105 Å². The van der Waals surface area contributed by atoms with Gasteiger partial charge in [0, 0.05) is 18.8 Å². The highest BCUT2D eigenvalue weighted by Gasteiger charge is 2.18. The predicted octanol–water partition coefficient (Wildman–Crippen LogP) is 2.62. The quantitative estimate of drug-likeness (QED) is 0.604. The first kappa shape index (κ1) is 16.5. The average Bonchev–Trinajstić information content (AvgIpc) is 3.25. The van der Waals surface area contributed by atoms with Gasteiger partial charge in [0.1, 0.15) is 5.69 Å². The smallest absolute Gasteiger partial charge is 0.223 e. The number of benzene rings is 1. The first-order chi connectivity index (χ1) is 13.1. The lowest BCUT2D eigenvalue weighted by atomic mass is 10.0. The molecule has 0 aliphatic heterocycles. The van der Waals surface area contributed by atoms with E-state index in [0.29, 0.717) is 22.6 Å². The van der Waals surface area contributed by atoms with E-state index in [1.54, 1.807) is 54.5 Å². The number of nitriles is 1. The molecule has 132 valence electrons. The number of aromatic nitrogens is 6. The first-order valence-corrected chi connectivity index (χ1v) is 8.19. The fourth-order valence-electron chi connectivity index (χ4n) is 2.87. The van der Waals surface area contributed by atoms with E-state index >= 15 is 0 Å². The van der Waals surface area contributed by atoms with Crippen molar-refractivity contribution in [3.63, 3.8) is 0 Å². The van der Waals surface area contributed by atoms with Crippen molar-refractivity contribution in [3.8, 4) is 40.2 Å². The number of hydrogen-bond donors (Lipinski definition) is 1. The number of pyridine rings is 1. The molecule has 0 radical (unpaired) electrons. The van der Waals surface area contributed by atoms with Crippen LogP contribution >= 0.6 is 0 Å². The molecule has 0 aliphatic rings. The number of hydrogen-bond acceptors (Lipinski definition) is 6. The van der Waals surface area contributed by atoms with Crippen LogP contribution in [-0.2, 0) is 7.05 Å². The summed E-state index contributed by atoms with van der Waals surface area (Å²) in [5.74, 6) is 0.486. The van der Waals surface area contributed by atoms with Gasteiger partial charge in [0.15, 0.2) is 5.82 Å². The van der Waals surface area contributed by atoms with Crippen LogP contribution in [0.5, 0.6) is 5.88 Å². The predicted molar refractivity (Wildman–Crippen MR) is 97.9 cm³/mol. The van der Waals surface area contributed by atoms with Gasteiger partial charge in [0.25, 0.3) is 0 Å². The van der Waals surface area contributed by atoms with Crippen molar-refractivity contribution in [3.05, 3.63) is 60.0 Å². The summed E-state index contributed by atoms with van der Waals surface area (Å²) < 4.78 is 3.01. The summed E-state index contributed by atoms with van der Waals surface area (Å²) in [6.45, 7) is 1.82. The molecule has 0 fully saturated rings. The van der Waals surface area contributed by atoms with Crippen molar-refractivity contribution in [2.45, 2.75) is 6.92 Å². The minimum Gasteiger partial charge on any atom is -0.493 e. The van der Waals surface area contributed by atoms with Gasteiger partial charge in [0.2, 0.25) is 5.88 Å². The Balaban J connectivity index is 1.71. The van der Waals surface area contributed by atoms with E-state index in [1.165, 1.54) is 4.68 Å². The maximum atomic E-state index is 10.7. The molecule has 0 bridgehead atoms. The largest absolute Gasteiger partial charge is 0.493 e. The highest BCUT2D eigenvalue weighted by Crippen LogP contribution is 2.34. The number of rotatable bonds is 3. The van der Waals surface area contributed by atoms with Crippen LogP contribution in [-0.4, -0.2) is 34.9 Å². The number of aromatic hydroxyl groups is 1. The van der Waals surface area contributed by atoms with Crippen molar-refractivity contribution in [2.75, 3.05) is 0 Å². The second-order valence-electron chi connectivity index (χ2n) is 6.07. The van der Waals surface area contributed by atoms with Gasteiger partial charge in [0.05, 0.1) is 29.1 Å². The molecule has 1 aromatic carbocycles. The van der Waals surface area contributed by atoms with Crippen molar-refractivity contribution in [1.29, 1.82) is 5.26 Å². The third kappa shape index (κ3) is 2.91. The molecular weight excluding hydrogens is 342 g/mol. The second-order valence-corrected chi connectivity index (χ2v) is 6.07. The first-order valence-electron chi connectivity index (χ1n) is 8.19. The molecule has 0 unspecified atom stereocenters. The Morgan fingerprint density at radius 1 is 1.07 bits per heavy atom. The van der Waals surface area contributed by atoms with Crippen LogP contribution < -0.4 is 0 Å². The Morgan fingerprint density at radius 2 is 1.81 bits per heavy atom. The minimum absolute atomic E-state index is 0.00281. The monoisotopic (exact) mass is 357 g/mol. The molecule has 3 heterocycles. The van der Waals surface area contributed by atoms with Gasteiger partial charge in [-0.05, 0) is 36.8 Å². The lowest BCUT2D eigenvalue weighted by molar-refractivity contribution is 0.433. The fraction of sp³-hybridized carbons (Fsp3) is 0.105. The van der Waals surface area contributed by atoms with Crippen molar-refractivity contribution in [2.24, 2.45) is 7.05 Å². The van der Waals surface area contributed by atoms with Gasteiger partial charge in [-0.2, -0.15) is 15.0 Å². The van der Waals surface area contributed by atoms with Gasteiger partial charge in [-0.3, -0.25) is 4.68 Å². The Morgan fingerprint density at radius 3 is 2.41 bits per heavy atom. The Bertz CT molecular complexity index is 1150. The molecule has 1 N–H and O–H groups in total. The van der Waals surface area contributed by atoms with Crippen LogP contribution in [0.2, 0.25) is 0 Å². The van der Waals surface area contributed by atoms with Gasteiger partial charge >= 0.3 is 0 Å². The zero-order valence-electron chi connectivity index (χ0n) is 14.7. The SMILES string of the molecule is Cc1nn(-c2ccc(-c3cn(C)nn3)cn2)c(O)c1-c1ccc(C#N)cc1. The van der Waals surface area contributed by atoms with Gasteiger partial charge in [-0.25, -0.2) is 4.98 Å². The van der Waals surface area contributed by atoms with E-state index in [-0.39, 0.29) is 5.88 Å². The van der Waals surface area contributed by atoms with Crippen molar-refractivity contribution >= 4 is 0 Å². The summed E-state index contributed by atoms with van der Waals surface area (Å²) in [4.78, 5) is 4.39. The maximum absolute atomic E-state index is 10.7. The van der Waals surface area contributed by atoms with E-state index in [2.05, 4.69) is 26.5 Å². The molecule has 8 heteroatoms. The van der Waals surface area contributed by atoms with Crippen LogP contribution in [0.15, 0.2) is 48.8 Å². The summed E-state index contributed by atoms with van der Waals surface area (Å²) >= 11 is 0. The van der Waals surface area contributed by atoms with Crippen LogP contribution in [0.25, 0.3) is 28.2 Å². The van der Waals surface area contributed by atoms with E-state index in [0.717, 1.165) is 16.8 Å². The molecule has 0 atom stereocenters. The maximum Gasteiger partial charge on any atom is 0.223 e. The summed E-state index contributed by atoms with van der Waals surface area (Å²) in [5, 5.41) is 32.0. The molecule has 27 heavy (non-hydrogen) atoms. The molecule has 3 aromatic heterocycles. The van der Waals surface area contributed by atoms with E-state index in [1.807, 2.05) is 13.0 Å². The van der Waals surface area contributed by atoms with E-state index in [4.69, 9.17) is 5.26 Å². The zero-order valence-corrected chi connectivity index (χ0v) is 14.7. The molecule has 8 nitrogen and oxygen atoms in total. The van der Waals surface area contributed by atoms with Crippen LogP contribution in [0.3, 0.4) is 0 Å². The second kappa shape index (κ2) is 6.38. The van der Waals surface area contributed by atoms with Crippen LogP contribution in [0.4, 0.5) is 0 Å². The van der Waals surface area contributed by atoms with Gasteiger partial charge in [-0.15, -0.1) is 5.10 Å². The standard InChI is InChI=1S/C19H15N7O/c1-12-18(14-5-3-13(9-20)4-6-14)19(27)26(23-12)17-8-7-15(10-21-17)16-11-25(2)24-22-16/h3-8,10-11,27H,1-2H3. The summed E-state index contributed by atoms with van der Waals surface area (Å²) in [6, 6.07) is 12.7. The van der Waals surface area contributed by atoms with E-state index in [9.17, 15) is 5.11 Å². The normalized spacial score (nSPS) is 10.7. The summed E-state index contributed by atoms with van der Waals surface area (Å²) in [5.41, 5.74) is 4.16. The van der Waals surface area contributed by atoms with Crippen LogP contribution in [0, 0.1) is 18.3 Å². The van der Waals surface area contributed by atoms with Crippen molar-refractivity contribution < 1.29 is 5.11 Å². The Hall–Kier alpha value is -3.99. The highest BCUT2D eigenvalue weighted by atomic mass is 16.3. The minimum atomic E-state index is -0.00281. The number of aryl methyl sites for hydroxylation is 2. The lowest BCUT2D eigenvalue weighted by Crippen LogP contribution is -1.99. The van der Waals surface area contributed by atoms with E-state index < -0.39 is 0 Å². The molecule has 4 rings (SSSR count). The lowest BCUT2D eigenvalue weighted by Gasteiger charge is -2.04. The zero-order chi connectivity index (χ0) is 19.0. The highest BCUT2D eigenvalue weighted by molar-refractivity contribution is 5.72. The summed E-state index contributed by atoms with van der Waals surface area (Å²) in [6.07, 6.45) is 3.46. The number of nitrogens with zero attached hydrogens (tertiary/aromatic N) is 7. The molecule has 4 aromatic rings. The summed E-state index contributed by atoms with van der Waals surface area (Å²) in [7, 11) is 1.80. The third-order valence-corrected chi connectivity index (χ3v) is 4.20.